The van der Waals surface area contributed by atoms with Crippen LogP contribution in [-0.4, -0.2) is 147 Å². The maximum absolute atomic E-state index is 13.0. The van der Waals surface area contributed by atoms with E-state index in [0.29, 0.717) is 32.3 Å². The molecule has 0 aromatic carbocycles. The second-order valence-electron chi connectivity index (χ2n) is 9.54. The molecular formula is C23H45N5O4. The van der Waals surface area contributed by atoms with Gasteiger partial charge in [0, 0.05) is 72.1 Å². The largest absolute Gasteiger partial charge is 0.383 e. The summed E-state index contributed by atoms with van der Waals surface area (Å²) >= 11 is 0. The number of ether oxygens (including phenoxy) is 2. The first-order valence-corrected chi connectivity index (χ1v) is 12.0. The number of nitrogens with zero attached hydrogens (tertiary/aromatic N) is 5. The third kappa shape index (κ3) is 8.26. The lowest BCUT2D eigenvalue weighted by Crippen LogP contribution is -2.58. The third-order valence-electron chi connectivity index (χ3n) is 6.67. The summed E-state index contributed by atoms with van der Waals surface area (Å²) in [6, 6.07) is 1.06. The summed E-state index contributed by atoms with van der Waals surface area (Å²) in [5, 5.41) is 0. The van der Waals surface area contributed by atoms with Crippen LogP contribution in [0.3, 0.4) is 0 Å². The number of likely N-dealkylation sites (N-methyl/N-ethyl adjacent to an activating group) is 1. The van der Waals surface area contributed by atoms with Gasteiger partial charge in [-0.15, -0.1) is 0 Å². The van der Waals surface area contributed by atoms with Crippen molar-refractivity contribution in [1.29, 1.82) is 0 Å². The molecule has 2 aliphatic heterocycles. The molecule has 0 aromatic rings. The zero-order valence-electron chi connectivity index (χ0n) is 21.1. The highest BCUT2D eigenvalue weighted by Gasteiger charge is 2.31. The van der Waals surface area contributed by atoms with E-state index in [1.807, 2.05) is 11.9 Å². The average Bonchev–Trinajstić information content (AvgIpc) is 2.72. The average molecular weight is 456 g/mol. The topological polar surface area (TPSA) is 68.8 Å². The van der Waals surface area contributed by atoms with E-state index >= 15 is 0 Å². The number of carbonyl (C=O) groups excluding carboxylic acids is 2. The van der Waals surface area contributed by atoms with Crippen molar-refractivity contribution in [2.45, 2.75) is 45.8 Å². The van der Waals surface area contributed by atoms with Crippen molar-refractivity contribution in [3.8, 4) is 0 Å². The first kappa shape index (κ1) is 27.0. The molecule has 32 heavy (non-hydrogen) atoms. The molecule has 0 atom stereocenters. The molecule has 0 N–H and O–H groups in total. The Balaban J connectivity index is 1.81. The summed E-state index contributed by atoms with van der Waals surface area (Å²) in [5.41, 5.74) is 0. The molecule has 2 amide bonds. The van der Waals surface area contributed by atoms with Gasteiger partial charge in [0.05, 0.1) is 39.0 Å². The molecule has 9 heteroatoms. The molecule has 186 valence electrons. The summed E-state index contributed by atoms with van der Waals surface area (Å²) in [6.07, 6.45) is 0. The Kier molecular flexibility index (Phi) is 11.3. The van der Waals surface area contributed by atoms with Crippen LogP contribution in [0, 0.1) is 0 Å². The number of amides is 2. The van der Waals surface area contributed by atoms with E-state index in [-0.39, 0.29) is 23.9 Å². The van der Waals surface area contributed by atoms with Crippen molar-refractivity contribution in [3.05, 3.63) is 0 Å². The minimum Gasteiger partial charge on any atom is -0.383 e. The lowest BCUT2D eigenvalue weighted by molar-refractivity contribution is -0.137. The molecule has 2 aliphatic rings. The Morgan fingerprint density at radius 1 is 0.938 bits per heavy atom. The smallest absolute Gasteiger partial charge is 0.236 e. The van der Waals surface area contributed by atoms with Gasteiger partial charge in [-0.1, -0.05) is 0 Å². The van der Waals surface area contributed by atoms with Crippen molar-refractivity contribution in [2.24, 2.45) is 0 Å². The molecule has 9 nitrogen and oxygen atoms in total. The van der Waals surface area contributed by atoms with Crippen LogP contribution in [0.2, 0.25) is 0 Å². The van der Waals surface area contributed by atoms with E-state index in [1.165, 1.54) is 0 Å². The van der Waals surface area contributed by atoms with Gasteiger partial charge in [0.25, 0.3) is 0 Å². The lowest BCUT2D eigenvalue weighted by atomic mass is 10.2. The molecule has 0 saturated carbocycles. The number of piperazine rings is 1. The maximum atomic E-state index is 13.0. The molecule has 0 spiro atoms. The van der Waals surface area contributed by atoms with E-state index in [2.05, 4.69) is 42.4 Å². The summed E-state index contributed by atoms with van der Waals surface area (Å²) in [7, 11) is 3.46. The van der Waals surface area contributed by atoms with Gasteiger partial charge in [0.1, 0.15) is 0 Å². The quantitative estimate of drug-likeness (QED) is 0.389. The Labute approximate surface area is 194 Å². The molecule has 2 saturated heterocycles. The zero-order chi connectivity index (χ0) is 23.7. The van der Waals surface area contributed by atoms with Gasteiger partial charge in [-0.2, -0.15) is 0 Å². The van der Waals surface area contributed by atoms with Gasteiger partial charge in [-0.05, 0) is 27.7 Å². The fourth-order valence-electron chi connectivity index (χ4n) is 3.99. The van der Waals surface area contributed by atoms with Gasteiger partial charge in [-0.3, -0.25) is 24.3 Å². The Morgan fingerprint density at radius 3 is 1.97 bits per heavy atom. The Morgan fingerprint density at radius 2 is 1.50 bits per heavy atom. The lowest BCUT2D eigenvalue weighted by Gasteiger charge is -2.43. The molecule has 0 aromatic heterocycles. The first-order chi connectivity index (χ1) is 15.2. The fourth-order valence-corrected chi connectivity index (χ4v) is 3.99. The Hall–Kier alpha value is -1.26. The van der Waals surface area contributed by atoms with Crippen molar-refractivity contribution < 1.29 is 19.1 Å². The van der Waals surface area contributed by atoms with Crippen molar-refractivity contribution in [3.63, 3.8) is 0 Å². The van der Waals surface area contributed by atoms with Gasteiger partial charge < -0.3 is 19.3 Å². The predicted octanol–water partition coefficient (Wildman–Crippen LogP) is 0.0550. The van der Waals surface area contributed by atoms with Gasteiger partial charge >= 0.3 is 0 Å². The monoisotopic (exact) mass is 455 g/mol. The number of methoxy groups -OCH3 is 1. The van der Waals surface area contributed by atoms with Crippen LogP contribution in [0.15, 0.2) is 0 Å². The van der Waals surface area contributed by atoms with E-state index < -0.39 is 0 Å². The van der Waals surface area contributed by atoms with E-state index in [1.54, 1.807) is 12.0 Å². The minimum absolute atomic E-state index is 0.0951. The molecule has 0 bridgehead atoms. The van der Waals surface area contributed by atoms with Crippen LogP contribution in [0.5, 0.6) is 0 Å². The van der Waals surface area contributed by atoms with Gasteiger partial charge in [-0.25, -0.2) is 0 Å². The van der Waals surface area contributed by atoms with Crippen LogP contribution in [-0.2, 0) is 19.1 Å². The summed E-state index contributed by atoms with van der Waals surface area (Å²) in [6.45, 7) is 17.0. The Bertz CT molecular complexity index is 577. The first-order valence-electron chi connectivity index (χ1n) is 12.0. The molecule has 0 aliphatic carbocycles. The molecule has 0 unspecified atom stereocenters. The van der Waals surface area contributed by atoms with E-state index in [0.717, 1.165) is 52.5 Å². The highest BCUT2D eigenvalue weighted by atomic mass is 16.5. The number of carbonyl (C=O) groups is 2. The molecular weight excluding hydrogens is 410 g/mol. The number of hydrogen-bond acceptors (Lipinski definition) is 7. The maximum Gasteiger partial charge on any atom is 0.236 e. The van der Waals surface area contributed by atoms with E-state index in [4.69, 9.17) is 9.47 Å². The highest BCUT2D eigenvalue weighted by molar-refractivity contribution is 5.78. The van der Waals surface area contributed by atoms with Gasteiger partial charge in [0.15, 0.2) is 0 Å². The molecule has 2 heterocycles. The van der Waals surface area contributed by atoms with E-state index in [9.17, 15) is 9.59 Å². The van der Waals surface area contributed by atoms with Crippen LogP contribution in [0.1, 0.15) is 27.7 Å². The second kappa shape index (κ2) is 13.4. The normalized spacial score (nSPS) is 18.1. The minimum atomic E-state index is 0.0951. The summed E-state index contributed by atoms with van der Waals surface area (Å²) in [4.78, 5) is 36.1. The SMILES string of the molecule is COCCN(C)C(=O)CN(CCN(CC(=O)N1CCN(C2COC2)CC1)C(C)C)C(C)C. The van der Waals surface area contributed by atoms with Crippen molar-refractivity contribution in [1.82, 2.24) is 24.5 Å². The van der Waals surface area contributed by atoms with Crippen LogP contribution in [0.4, 0.5) is 0 Å². The van der Waals surface area contributed by atoms with Gasteiger partial charge in [0.2, 0.25) is 11.8 Å². The van der Waals surface area contributed by atoms with Crippen LogP contribution >= 0.6 is 0 Å². The van der Waals surface area contributed by atoms with Crippen molar-refractivity contribution in [2.75, 3.05) is 92.9 Å². The molecule has 2 fully saturated rings. The van der Waals surface area contributed by atoms with Crippen LogP contribution < -0.4 is 0 Å². The standard InChI is InChI=1S/C23H45N5O4/c1-19(2)27(15-22(29)24(5)13-14-31-6)11-12-28(20(3)4)16-23(30)26-9-7-25(8-10-26)21-17-32-18-21/h19-21H,7-18H2,1-6H3. The summed E-state index contributed by atoms with van der Waals surface area (Å²) < 4.78 is 10.4. The van der Waals surface area contributed by atoms with Crippen LogP contribution in [0.25, 0.3) is 0 Å². The number of rotatable bonds is 13. The second-order valence-corrected chi connectivity index (χ2v) is 9.54. The fraction of sp³-hybridized carbons (Fsp3) is 0.913. The summed E-state index contributed by atoms with van der Waals surface area (Å²) in [5.74, 6) is 0.298. The molecule has 2 rings (SSSR count). The van der Waals surface area contributed by atoms with Crippen molar-refractivity contribution >= 4 is 11.8 Å². The highest BCUT2D eigenvalue weighted by Crippen LogP contribution is 2.14. The zero-order valence-corrected chi connectivity index (χ0v) is 21.1. The third-order valence-corrected chi connectivity index (χ3v) is 6.67. The molecule has 0 radical (unpaired) electrons. The number of hydrogen-bond donors (Lipinski definition) is 0. The predicted molar refractivity (Wildman–Crippen MR) is 126 cm³/mol.